The fourth-order valence-corrected chi connectivity index (χ4v) is 1.15. The highest BCUT2D eigenvalue weighted by atomic mass is 16.2. The predicted octanol–water partition coefficient (Wildman–Crippen LogP) is -1.10. The molecule has 0 radical (unpaired) electrons. The van der Waals surface area contributed by atoms with Gasteiger partial charge in [-0.05, 0) is 0 Å². The molecule has 1 fully saturated rings. The summed E-state index contributed by atoms with van der Waals surface area (Å²) < 4.78 is 0. The lowest BCUT2D eigenvalue weighted by atomic mass is 10.4. The molecule has 0 bridgehead atoms. The fraction of sp³-hybridized carbons (Fsp3) is 0.750. The number of carbonyl (C=O) groups is 2. The summed E-state index contributed by atoms with van der Waals surface area (Å²) in [5.41, 5.74) is 0. The van der Waals surface area contributed by atoms with Crippen molar-refractivity contribution < 1.29 is 9.59 Å². The lowest BCUT2D eigenvalue weighted by molar-refractivity contribution is -0.120. The second kappa shape index (κ2) is 4.81. The quantitative estimate of drug-likeness (QED) is 0.584. The molecule has 1 heterocycles. The molecule has 74 valence electrons. The van der Waals surface area contributed by atoms with Crippen LogP contribution in [0.3, 0.4) is 0 Å². The lowest BCUT2D eigenvalue weighted by Crippen LogP contribution is -2.34. The van der Waals surface area contributed by atoms with Gasteiger partial charge < -0.3 is 10.6 Å². The van der Waals surface area contributed by atoms with Crippen molar-refractivity contribution in [3.05, 3.63) is 0 Å². The Morgan fingerprint density at radius 2 is 2.46 bits per heavy atom. The summed E-state index contributed by atoms with van der Waals surface area (Å²) in [5, 5.41) is 5.45. The third-order valence-electron chi connectivity index (χ3n) is 1.94. The molecule has 0 spiro atoms. The van der Waals surface area contributed by atoms with Gasteiger partial charge in [-0.3, -0.25) is 14.5 Å². The summed E-state index contributed by atoms with van der Waals surface area (Å²) in [6, 6.07) is 0. The van der Waals surface area contributed by atoms with E-state index >= 15 is 0 Å². The summed E-state index contributed by atoms with van der Waals surface area (Å²) in [4.78, 5) is 23.6. The minimum Gasteiger partial charge on any atom is -0.355 e. The molecule has 1 saturated heterocycles. The van der Waals surface area contributed by atoms with Crippen molar-refractivity contribution in [2.45, 2.75) is 13.3 Å². The van der Waals surface area contributed by atoms with Crippen molar-refractivity contribution in [1.82, 2.24) is 15.5 Å². The van der Waals surface area contributed by atoms with Crippen molar-refractivity contribution >= 4 is 11.8 Å². The molecule has 1 rings (SSSR count). The number of rotatable bonds is 4. The maximum Gasteiger partial charge on any atom is 0.235 e. The summed E-state index contributed by atoms with van der Waals surface area (Å²) in [6.45, 7) is 4.20. The average molecular weight is 185 g/mol. The van der Waals surface area contributed by atoms with Crippen molar-refractivity contribution in [3.8, 4) is 0 Å². The van der Waals surface area contributed by atoms with Gasteiger partial charge in [0.05, 0.1) is 13.2 Å². The molecule has 5 heteroatoms. The Hall–Kier alpha value is -1.10. The Bertz CT molecular complexity index is 206. The van der Waals surface area contributed by atoms with Crippen molar-refractivity contribution in [2.75, 3.05) is 26.3 Å². The van der Waals surface area contributed by atoms with E-state index in [-0.39, 0.29) is 11.8 Å². The summed E-state index contributed by atoms with van der Waals surface area (Å²) in [5.74, 6) is 0.111. The molecule has 0 unspecified atom stereocenters. The van der Waals surface area contributed by atoms with Gasteiger partial charge in [-0.2, -0.15) is 0 Å². The van der Waals surface area contributed by atoms with Crippen LogP contribution in [0, 0.1) is 0 Å². The molecule has 13 heavy (non-hydrogen) atoms. The Kier molecular flexibility index (Phi) is 3.70. The summed E-state index contributed by atoms with van der Waals surface area (Å²) >= 11 is 0. The molecule has 0 atom stereocenters. The molecule has 0 aromatic heterocycles. The topological polar surface area (TPSA) is 61.4 Å². The SMILES string of the molecule is CCC(=O)NCCN1CNC(=O)C1. The van der Waals surface area contributed by atoms with E-state index in [1.54, 1.807) is 0 Å². The number of amides is 2. The zero-order valence-electron chi connectivity index (χ0n) is 7.80. The van der Waals surface area contributed by atoms with Crippen LogP contribution in [0.2, 0.25) is 0 Å². The van der Waals surface area contributed by atoms with Gasteiger partial charge in [0.15, 0.2) is 0 Å². The third kappa shape index (κ3) is 3.42. The minimum absolute atomic E-state index is 0.0542. The minimum atomic E-state index is 0.0542. The van der Waals surface area contributed by atoms with E-state index in [2.05, 4.69) is 10.6 Å². The van der Waals surface area contributed by atoms with Crippen LogP contribution in [0.15, 0.2) is 0 Å². The van der Waals surface area contributed by atoms with E-state index in [0.29, 0.717) is 26.2 Å². The van der Waals surface area contributed by atoms with Crippen molar-refractivity contribution in [2.24, 2.45) is 0 Å². The normalized spacial score (nSPS) is 17.2. The zero-order valence-corrected chi connectivity index (χ0v) is 7.80. The lowest BCUT2D eigenvalue weighted by Gasteiger charge is -2.12. The van der Waals surface area contributed by atoms with E-state index in [4.69, 9.17) is 0 Å². The van der Waals surface area contributed by atoms with Gasteiger partial charge in [-0.25, -0.2) is 0 Å². The van der Waals surface area contributed by atoms with Crippen LogP contribution in [0.5, 0.6) is 0 Å². The van der Waals surface area contributed by atoms with Crippen LogP contribution in [0.25, 0.3) is 0 Å². The Morgan fingerprint density at radius 3 is 3.00 bits per heavy atom. The summed E-state index contributed by atoms with van der Waals surface area (Å²) in [6.07, 6.45) is 0.511. The van der Waals surface area contributed by atoms with Gasteiger partial charge in [-0.1, -0.05) is 6.92 Å². The molecule has 1 aliphatic heterocycles. The van der Waals surface area contributed by atoms with Crippen LogP contribution in [0.1, 0.15) is 13.3 Å². The molecule has 5 nitrogen and oxygen atoms in total. The van der Waals surface area contributed by atoms with Gasteiger partial charge in [-0.15, -0.1) is 0 Å². The van der Waals surface area contributed by atoms with E-state index in [1.807, 2.05) is 11.8 Å². The Balaban J connectivity index is 2.06. The average Bonchev–Trinajstić information content (AvgIpc) is 2.51. The van der Waals surface area contributed by atoms with Gasteiger partial charge in [0, 0.05) is 19.5 Å². The van der Waals surface area contributed by atoms with E-state index in [9.17, 15) is 9.59 Å². The second-order valence-electron chi connectivity index (χ2n) is 3.01. The second-order valence-corrected chi connectivity index (χ2v) is 3.01. The highest BCUT2D eigenvalue weighted by Gasteiger charge is 2.17. The first-order valence-corrected chi connectivity index (χ1v) is 4.48. The van der Waals surface area contributed by atoms with Crippen LogP contribution in [-0.4, -0.2) is 43.0 Å². The fourth-order valence-electron chi connectivity index (χ4n) is 1.15. The first kappa shape index (κ1) is 9.98. The maximum absolute atomic E-state index is 10.8. The highest BCUT2D eigenvalue weighted by molar-refractivity contribution is 5.79. The van der Waals surface area contributed by atoms with E-state index < -0.39 is 0 Å². The van der Waals surface area contributed by atoms with Crippen LogP contribution < -0.4 is 10.6 Å². The monoisotopic (exact) mass is 185 g/mol. The third-order valence-corrected chi connectivity index (χ3v) is 1.94. The molecule has 0 saturated carbocycles. The molecule has 1 aliphatic rings. The first-order chi connectivity index (χ1) is 6.22. The van der Waals surface area contributed by atoms with Gasteiger partial charge in [0.1, 0.15) is 0 Å². The van der Waals surface area contributed by atoms with Gasteiger partial charge in [0.25, 0.3) is 0 Å². The molecule has 2 amide bonds. The van der Waals surface area contributed by atoms with Crippen LogP contribution in [0.4, 0.5) is 0 Å². The molecule has 2 N–H and O–H groups in total. The van der Waals surface area contributed by atoms with E-state index in [0.717, 1.165) is 6.54 Å². The molecular weight excluding hydrogens is 170 g/mol. The molecule has 0 aromatic carbocycles. The first-order valence-electron chi connectivity index (χ1n) is 4.48. The Labute approximate surface area is 77.5 Å². The maximum atomic E-state index is 10.8. The number of nitrogens with one attached hydrogen (secondary N) is 2. The number of nitrogens with zero attached hydrogens (tertiary/aromatic N) is 1. The number of carbonyl (C=O) groups excluding carboxylic acids is 2. The Morgan fingerprint density at radius 1 is 1.69 bits per heavy atom. The van der Waals surface area contributed by atoms with Gasteiger partial charge in [0.2, 0.25) is 11.8 Å². The van der Waals surface area contributed by atoms with Crippen LogP contribution >= 0.6 is 0 Å². The molecular formula is C8H15N3O2. The molecule has 0 aliphatic carbocycles. The van der Waals surface area contributed by atoms with Crippen molar-refractivity contribution in [3.63, 3.8) is 0 Å². The predicted molar refractivity (Wildman–Crippen MR) is 47.9 cm³/mol. The van der Waals surface area contributed by atoms with Crippen molar-refractivity contribution in [1.29, 1.82) is 0 Å². The smallest absolute Gasteiger partial charge is 0.235 e. The number of hydrogen-bond acceptors (Lipinski definition) is 3. The summed E-state index contributed by atoms with van der Waals surface area (Å²) in [7, 11) is 0. The zero-order chi connectivity index (χ0) is 9.68. The van der Waals surface area contributed by atoms with E-state index in [1.165, 1.54) is 0 Å². The van der Waals surface area contributed by atoms with Gasteiger partial charge >= 0.3 is 0 Å². The standard InChI is InChI=1S/C8H15N3O2/c1-2-7(12)9-3-4-11-5-8(13)10-6-11/h2-6H2,1H3,(H,9,12)(H,10,13). The molecule has 0 aromatic rings. The number of hydrogen-bond donors (Lipinski definition) is 2. The highest BCUT2D eigenvalue weighted by Crippen LogP contribution is 1.91. The van der Waals surface area contributed by atoms with Crippen LogP contribution in [-0.2, 0) is 9.59 Å². The largest absolute Gasteiger partial charge is 0.355 e.